The summed E-state index contributed by atoms with van der Waals surface area (Å²) in [4.78, 5) is 12.5. The Morgan fingerprint density at radius 1 is 1.04 bits per heavy atom. The maximum atomic E-state index is 12.5. The predicted octanol–water partition coefficient (Wildman–Crippen LogP) is 3.68. The third-order valence-electron chi connectivity index (χ3n) is 4.21. The number of pyridine rings is 1. The minimum Gasteiger partial charge on any atom is -0.351 e. The molecule has 0 aliphatic carbocycles. The van der Waals surface area contributed by atoms with Crippen LogP contribution in [-0.4, -0.2) is 25.8 Å². The average molecular weight is 362 g/mol. The quantitative estimate of drug-likeness (QED) is 0.550. The van der Waals surface area contributed by atoms with Crippen LogP contribution in [0.5, 0.6) is 0 Å². The monoisotopic (exact) mass is 362 g/mol. The Morgan fingerprint density at radius 3 is 2.65 bits per heavy atom. The highest BCUT2D eigenvalue weighted by Gasteiger charge is 2.18. The Hall–Kier alpha value is -2.86. The van der Waals surface area contributed by atoms with E-state index >= 15 is 0 Å². The van der Waals surface area contributed by atoms with Gasteiger partial charge in [0.2, 0.25) is 5.91 Å². The summed E-state index contributed by atoms with van der Waals surface area (Å²) in [6, 6.07) is 22.0. The molecule has 0 aliphatic rings. The van der Waals surface area contributed by atoms with Crippen molar-refractivity contribution in [1.29, 1.82) is 0 Å². The number of para-hydroxylation sites is 1. The van der Waals surface area contributed by atoms with Gasteiger partial charge < -0.3 is 5.32 Å². The fourth-order valence-electron chi connectivity index (χ4n) is 2.83. The van der Waals surface area contributed by atoms with Crippen LogP contribution in [-0.2, 0) is 11.3 Å². The molecule has 6 heteroatoms. The van der Waals surface area contributed by atoms with E-state index in [0.29, 0.717) is 6.54 Å². The van der Waals surface area contributed by atoms with E-state index < -0.39 is 0 Å². The molecular weight excluding hydrogens is 344 g/mol. The molecular formula is C20H18N4OS. The first-order chi connectivity index (χ1) is 12.7. The van der Waals surface area contributed by atoms with Gasteiger partial charge in [-0.3, -0.25) is 9.20 Å². The van der Waals surface area contributed by atoms with E-state index in [2.05, 4.69) is 21.6 Å². The number of nitrogens with one attached hydrogen (secondary N) is 1. The largest absolute Gasteiger partial charge is 0.351 e. The molecule has 0 unspecified atom stereocenters. The summed E-state index contributed by atoms with van der Waals surface area (Å²) in [6.07, 6.45) is 0. The summed E-state index contributed by atoms with van der Waals surface area (Å²) < 4.78 is 2.00. The first kappa shape index (κ1) is 16.6. The van der Waals surface area contributed by atoms with Crippen molar-refractivity contribution in [3.05, 3.63) is 72.3 Å². The van der Waals surface area contributed by atoms with Crippen molar-refractivity contribution in [2.24, 2.45) is 0 Å². The number of aromatic nitrogens is 3. The summed E-state index contributed by atoms with van der Waals surface area (Å²) >= 11 is 1.42. The van der Waals surface area contributed by atoms with Gasteiger partial charge in [0.05, 0.1) is 10.8 Å². The molecule has 0 spiro atoms. The number of fused-ring (bicyclic) bond motifs is 3. The lowest BCUT2D eigenvalue weighted by Crippen LogP contribution is -2.30. The number of hydrogen-bond donors (Lipinski definition) is 1. The minimum atomic E-state index is -0.273. The number of thioether (sulfide) groups is 1. The summed E-state index contributed by atoms with van der Waals surface area (Å²) in [6.45, 7) is 2.41. The van der Waals surface area contributed by atoms with Crippen molar-refractivity contribution in [2.75, 3.05) is 0 Å². The summed E-state index contributed by atoms with van der Waals surface area (Å²) in [5, 5.41) is 13.1. The van der Waals surface area contributed by atoms with Gasteiger partial charge in [0, 0.05) is 6.54 Å². The van der Waals surface area contributed by atoms with E-state index in [1.165, 1.54) is 11.8 Å². The molecule has 0 radical (unpaired) electrons. The van der Waals surface area contributed by atoms with E-state index in [1.807, 2.05) is 72.0 Å². The first-order valence-corrected chi connectivity index (χ1v) is 9.31. The van der Waals surface area contributed by atoms with Gasteiger partial charge in [-0.15, -0.1) is 10.2 Å². The number of benzene rings is 2. The molecule has 1 N–H and O–H groups in total. The maximum absolute atomic E-state index is 12.5. The molecule has 0 fully saturated rings. The third-order valence-corrected chi connectivity index (χ3v) is 5.25. The molecule has 1 amide bonds. The van der Waals surface area contributed by atoms with Crippen molar-refractivity contribution in [1.82, 2.24) is 19.9 Å². The van der Waals surface area contributed by atoms with Gasteiger partial charge in [-0.1, -0.05) is 60.3 Å². The lowest BCUT2D eigenvalue weighted by atomic mass is 10.2. The fourth-order valence-corrected chi connectivity index (χ4v) is 3.72. The zero-order valence-electron chi connectivity index (χ0n) is 14.3. The smallest absolute Gasteiger partial charge is 0.233 e. The molecule has 0 saturated heterocycles. The molecule has 2 heterocycles. The van der Waals surface area contributed by atoms with Crippen LogP contribution in [0.2, 0.25) is 0 Å². The van der Waals surface area contributed by atoms with Crippen LogP contribution in [0.1, 0.15) is 12.5 Å². The zero-order valence-corrected chi connectivity index (χ0v) is 15.1. The van der Waals surface area contributed by atoms with Gasteiger partial charge in [0.25, 0.3) is 0 Å². The molecule has 130 valence electrons. The molecule has 4 rings (SSSR count). The van der Waals surface area contributed by atoms with Gasteiger partial charge >= 0.3 is 0 Å². The summed E-state index contributed by atoms with van der Waals surface area (Å²) in [5.74, 6) is -0.0177. The van der Waals surface area contributed by atoms with Crippen LogP contribution < -0.4 is 5.32 Å². The van der Waals surface area contributed by atoms with Crippen LogP contribution >= 0.6 is 11.8 Å². The van der Waals surface area contributed by atoms with E-state index in [-0.39, 0.29) is 11.2 Å². The van der Waals surface area contributed by atoms with Crippen LogP contribution in [0, 0.1) is 0 Å². The highest BCUT2D eigenvalue weighted by molar-refractivity contribution is 8.00. The van der Waals surface area contributed by atoms with Crippen LogP contribution in [0.15, 0.2) is 71.9 Å². The van der Waals surface area contributed by atoms with Gasteiger partial charge in [0.1, 0.15) is 0 Å². The number of nitrogens with zero attached hydrogens (tertiary/aromatic N) is 3. The second-order valence-corrected chi connectivity index (χ2v) is 7.34. The Balaban J connectivity index is 1.53. The highest BCUT2D eigenvalue weighted by atomic mass is 32.2. The molecule has 2 aromatic carbocycles. The Labute approximate surface area is 155 Å². The summed E-state index contributed by atoms with van der Waals surface area (Å²) in [7, 11) is 0. The van der Waals surface area contributed by atoms with Gasteiger partial charge in [-0.25, -0.2) is 0 Å². The van der Waals surface area contributed by atoms with Crippen LogP contribution in [0.4, 0.5) is 0 Å². The Morgan fingerprint density at radius 2 is 1.81 bits per heavy atom. The van der Waals surface area contributed by atoms with Gasteiger partial charge in [-0.05, 0) is 36.1 Å². The van der Waals surface area contributed by atoms with Gasteiger partial charge in [0.15, 0.2) is 10.8 Å². The standard InChI is InChI=1S/C20H18N4OS/c1-14(19(25)21-13-15-7-3-2-4-8-15)26-20-23-22-18-12-11-16-9-5-6-10-17(16)24(18)20/h2-12,14H,13H2,1H3,(H,21,25)/t14-/m1/s1. The lowest BCUT2D eigenvalue weighted by molar-refractivity contribution is -0.120. The van der Waals surface area contributed by atoms with E-state index in [0.717, 1.165) is 27.3 Å². The second-order valence-electron chi connectivity index (χ2n) is 6.03. The lowest BCUT2D eigenvalue weighted by Gasteiger charge is -2.11. The first-order valence-electron chi connectivity index (χ1n) is 8.43. The number of amides is 1. The molecule has 1 atom stereocenters. The molecule has 5 nitrogen and oxygen atoms in total. The SMILES string of the molecule is C[C@@H](Sc1nnc2ccc3ccccc3n12)C(=O)NCc1ccccc1. The topological polar surface area (TPSA) is 59.3 Å². The van der Waals surface area contributed by atoms with Crippen molar-refractivity contribution in [2.45, 2.75) is 23.9 Å². The predicted molar refractivity (Wildman–Crippen MR) is 104 cm³/mol. The van der Waals surface area contributed by atoms with E-state index in [4.69, 9.17) is 0 Å². The minimum absolute atomic E-state index is 0.0177. The number of carbonyl (C=O) groups excluding carboxylic acids is 1. The highest BCUT2D eigenvalue weighted by Crippen LogP contribution is 2.26. The van der Waals surface area contributed by atoms with Crippen molar-refractivity contribution < 1.29 is 4.79 Å². The normalized spacial score (nSPS) is 12.3. The summed E-state index contributed by atoms with van der Waals surface area (Å²) in [5.41, 5.74) is 2.90. The molecule has 0 saturated carbocycles. The molecule has 26 heavy (non-hydrogen) atoms. The number of carbonyl (C=O) groups is 1. The third kappa shape index (κ3) is 3.28. The van der Waals surface area contributed by atoms with Crippen LogP contribution in [0.25, 0.3) is 16.6 Å². The second kappa shape index (κ2) is 7.17. The number of hydrogen-bond acceptors (Lipinski definition) is 4. The van der Waals surface area contributed by atoms with Crippen LogP contribution in [0.3, 0.4) is 0 Å². The Bertz CT molecular complexity index is 1060. The average Bonchev–Trinajstić information content (AvgIpc) is 3.10. The van der Waals surface area contributed by atoms with E-state index in [1.54, 1.807) is 0 Å². The molecule has 4 aromatic rings. The van der Waals surface area contributed by atoms with Crippen molar-refractivity contribution >= 4 is 34.2 Å². The van der Waals surface area contributed by atoms with Gasteiger partial charge in [-0.2, -0.15) is 0 Å². The molecule has 0 aliphatic heterocycles. The molecule has 0 bridgehead atoms. The Kier molecular flexibility index (Phi) is 4.58. The maximum Gasteiger partial charge on any atom is 0.233 e. The van der Waals surface area contributed by atoms with Crippen molar-refractivity contribution in [3.63, 3.8) is 0 Å². The molecule has 2 aromatic heterocycles. The fraction of sp³-hybridized carbons (Fsp3) is 0.150. The number of rotatable bonds is 5. The zero-order chi connectivity index (χ0) is 17.9. The van der Waals surface area contributed by atoms with E-state index in [9.17, 15) is 4.79 Å². The van der Waals surface area contributed by atoms with Crippen molar-refractivity contribution in [3.8, 4) is 0 Å².